The molecule has 30 heavy (non-hydrogen) atoms. The van der Waals surface area contributed by atoms with Gasteiger partial charge in [0.1, 0.15) is 0 Å². The molecule has 2 fully saturated rings. The maximum absolute atomic E-state index is 2.64. The summed E-state index contributed by atoms with van der Waals surface area (Å²) in [6.45, 7) is 7.23. The summed E-state index contributed by atoms with van der Waals surface area (Å²) < 4.78 is 0. The number of nitrogens with zero attached hydrogens (tertiary/aromatic N) is 2. The molecule has 1 aliphatic heterocycles. The Hall–Kier alpha value is -1.21. The minimum atomic E-state index is -0.545. The van der Waals surface area contributed by atoms with Crippen molar-refractivity contribution < 1.29 is 0 Å². The minimum Gasteiger partial charge on any atom is -0.302 e. The van der Waals surface area contributed by atoms with Crippen molar-refractivity contribution in [2.75, 3.05) is 33.2 Å². The average molecular weight is 418 g/mol. The van der Waals surface area contributed by atoms with Crippen LogP contribution in [-0.2, 0) is 0 Å². The highest BCUT2D eigenvalue weighted by atomic mass is 31.1. The number of piperidine rings is 1. The fraction of sp³-hybridized carbons (Fsp3) is 0.370. The Bertz CT molecular complexity index is 704. The van der Waals surface area contributed by atoms with Gasteiger partial charge in [-0.1, -0.05) is 67.1 Å². The first kappa shape index (κ1) is 22.0. The monoisotopic (exact) mass is 417 g/mol. The molecule has 2 nitrogen and oxygen atoms in total. The van der Waals surface area contributed by atoms with E-state index in [-0.39, 0.29) is 0 Å². The number of rotatable bonds is 8. The Morgan fingerprint density at radius 3 is 2.07 bits per heavy atom. The second-order valence-corrected chi connectivity index (χ2v) is 10.6. The largest absolute Gasteiger partial charge is 0.302 e. The molecule has 157 valence electrons. The molecule has 2 aromatic rings. The molecule has 1 aliphatic carbocycles. The van der Waals surface area contributed by atoms with E-state index in [9.17, 15) is 0 Å². The number of benzene rings is 2. The van der Waals surface area contributed by atoms with E-state index in [2.05, 4.69) is 104 Å². The van der Waals surface area contributed by atoms with Gasteiger partial charge < -0.3 is 9.80 Å². The maximum atomic E-state index is 2.64. The number of hydrogen-bond donors (Lipinski definition) is 0. The summed E-state index contributed by atoms with van der Waals surface area (Å²) in [5.74, 6) is 1.48. The Kier molecular flexibility index (Phi) is 7.99. The van der Waals surface area contributed by atoms with Crippen LogP contribution in [0.2, 0.25) is 0 Å². The van der Waals surface area contributed by atoms with Crippen molar-refractivity contribution in [3.05, 3.63) is 91.5 Å². The lowest BCUT2D eigenvalue weighted by atomic mass is 9.98. The molecular formula is C27H34N2P. The van der Waals surface area contributed by atoms with E-state index in [1.54, 1.807) is 0 Å². The molecule has 5 radical (unpaired) electrons. The predicted molar refractivity (Wildman–Crippen MR) is 131 cm³/mol. The third kappa shape index (κ3) is 5.34. The maximum Gasteiger partial charge on any atom is 0.0211 e. The minimum absolute atomic E-state index is 0.414. The standard InChI is InChI=1S/C27H34N2P/c1-23(28(2)21-22-29-19-10-5-11-20-29)26-17-12-18-27(26)30(24-13-6-3-7-14-24)25-15-8-4-9-16-25/h3-4,6-9,12-18,23H,5,10-11,19-22H2,1-2H3/t23-/m1/s1. The third-order valence-corrected chi connectivity index (χ3v) is 8.94. The van der Waals surface area contributed by atoms with E-state index in [0.717, 1.165) is 6.54 Å². The topological polar surface area (TPSA) is 6.48 Å². The van der Waals surface area contributed by atoms with Gasteiger partial charge in [-0.2, -0.15) is 0 Å². The second-order valence-electron chi connectivity index (χ2n) is 8.43. The van der Waals surface area contributed by atoms with Crippen molar-refractivity contribution in [2.24, 2.45) is 0 Å². The lowest BCUT2D eigenvalue weighted by molar-refractivity contribution is 0.181. The van der Waals surface area contributed by atoms with E-state index in [4.69, 9.17) is 0 Å². The zero-order valence-electron chi connectivity index (χ0n) is 18.4. The fourth-order valence-electron chi connectivity index (χ4n) is 4.48. The van der Waals surface area contributed by atoms with Crippen LogP contribution in [0.25, 0.3) is 0 Å². The van der Waals surface area contributed by atoms with Gasteiger partial charge in [-0.25, -0.2) is 0 Å². The molecule has 0 amide bonds. The van der Waals surface area contributed by atoms with Crippen LogP contribution < -0.4 is 10.6 Å². The van der Waals surface area contributed by atoms with Gasteiger partial charge in [0.15, 0.2) is 0 Å². The second kappa shape index (κ2) is 10.9. The van der Waals surface area contributed by atoms with Gasteiger partial charge in [0, 0.05) is 30.7 Å². The quantitative estimate of drug-likeness (QED) is 0.577. The van der Waals surface area contributed by atoms with Crippen LogP contribution >= 0.6 is 7.92 Å². The number of likely N-dealkylation sites (tertiary alicyclic amines) is 1. The Labute approximate surface area is 185 Å². The van der Waals surface area contributed by atoms with Gasteiger partial charge in [-0.05, 0) is 77.7 Å². The van der Waals surface area contributed by atoms with Crippen LogP contribution in [0.4, 0.5) is 0 Å². The summed E-state index contributed by atoms with van der Waals surface area (Å²) in [4.78, 5) is 5.18. The van der Waals surface area contributed by atoms with Gasteiger partial charge in [0.25, 0.3) is 0 Å². The van der Waals surface area contributed by atoms with Crippen molar-refractivity contribution in [1.29, 1.82) is 0 Å². The Morgan fingerprint density at radius 1 is 0.867 bits per heavy atom. The zero-order valence-corrected chi connectivity index (χ0v) is 19.3. The van der Waals surface area contributed by atoms with Crippen molar-refractivity contribution in [3.8, 4) is 0 Å². The van der Waals surface area contributed by atoms with Crippen molar-refractivity contribution in [2.45, 2.75) is 32.2 Å². The summed E-state index contributed by atoms with van der Waals surface area (Å²) in [5.41, 5.74) is 1.50. The molecule has 0 N–H and O–H groups in total. The highest BCUT2D eigenvalue weighted by Gasteiger charge is 2.40. The molecule has 1 saturated carbocycles. The third-order valence-electron chi connectivity index (χ3n) is 6.42. The Morgan fingerprint density at radius 2 is 1.47 bits per heavy atom. The smallest absolute Gasteiger partial charge is 0.0211 e. The molecule has 0 spiro atoms. The van der Waals surface area contributed by atoms with E-state index in [1.807, 2.05) is 0 Å². The number of likely N-dealkylation sites (N-methyl/N-ethyl adjacent to an activating group) is 1. The van der Waals surface area contributed by atoms with Gasteiger partial charge in [0.05, 0.1) is 0 Å². The van der Waals surface area contributed by atoms with E-state index >= 15 is 0 Å². The van der Waals surface area contributed by atoms with Gasteiger partial charge in [-0.3, -0.25) is 0 Å². The molecule has 1 saturated heterocycles. The van der Waals surface area contributed by atoms with Crippen LogP contribution in [0, 0.1) is 30.8 Å². The summed E-state index contributed by atoms with van der Waals surface area (Å²) in [6.07, 6.45) is 11.1. The molecule has 2 aliphatic rings. The summed E-state index contributed by atoms with van der Waals surface area (Å²) in [5, 5.41) is 2.85. The highest BCUT2D eigenvalue weighted by molar-refractivity contribution is 7.76. The molecule has 0 aromatic heterocycles. The molecule has 3 heteroatoms. The van der Waals surface area contributed by atoms with Crippen LogP contribution in [0.3, 0.4) is 0 Å². The zero-order chi connectivity index (χ0) is 20.8. The van der Waals surface area contributed by atoms with Crippen molar-refractivity contribution in [3.63, 3.8) is 0 Å². The van der Waals surface area contributed by atoms with Crippen LogP contribution in [0.5, 0.6) is 0 Å². The van der Waals surface area contributed by atoms with E-state index in [0.29, 0.717) is 6.04 Å². The van der Waals surface area contributed by atoms with Crippen LogP contribution in [0.15, 0.2) is 60.7 Å². The first-order valence-corrected chi connectivity index (χ1v) is 12.7. The molecular weight excluding hydrogens is 383 g/mol. The molecule has 0 unspecified atom stereocenters. The first-order valence-electron chi connectivity index (χ1n) is 11.3. The molecule has 2 aromatic carbocycles. The summed E-state index contributed by atoms with van der Waals surface area (Å²) >= 11 is 0. The average Bonchev–Trinajstić information content (AvgIpc) is 3.28. The molecule has 4 rings (SSSR count). The lowest BCUT2D eigenvalue weighted by Crippen LogP contribution is -2.42. The molecule has 1 atom stereocenters. The first-order chi connectivity index (χ1) is 14.7. The normalized spacial score (nSPS) is 20.3. The van der Waals surface area contributed by atoms with Crippen molar-refractivity contribution >= 4 is 18.5 Å². The summed E-state index contributed by atoms with van der Waals surface area (Å²) in [6, 6.07) is 22.5. The fourth-order valence-corrected chi connectivity index (χ4v) is 7.03. The van der Waals surface area contributed by atoms with Gasteiger partial charge in [0.2, 0.25) is 0 Å². The predicted octanol–water partition coefficient (Wildman–Crippen LogP) is 4.66. The lowest BCUT2D eigenvalue weighted by Gasteiger charge is -2.37. The van der Waals surface area contributed by atoms with Crippen LogP contribution in [-0.4, -0.2) is 49.1 Å². The highest BCUT2D eigenvalue weighted by Crippen LogP contribution is 2.57. The van der Waals surface area contributed by atoms with E-state index in [1.165, 1.54) is 61.1 Å². The molecule has 0 bridgehead atoms. The van der Waals surface area contributed by atoms with Crippen LogP contribution in [0.1, 0.15) is 26.2 Å². The van der Waals surface area contributed by atoms with E-state index < -0.39 is 7.92 Å². The van der Waals surface area contributed by atoms with Gasteiger partial charge in [-0.15, -0.1) is 0 Å². The Balaban J connectivity index is 1.48. The summed E-state index contributed by atoms with van der Waals surface area (Å²) in [7, 11) is 1.74. The van der Waals surface area contributed by atoms with Crippen molar-refractivity contribution in [1.82, 2.24) is 9.80 Å². The van der Waals surface area contributed by atoms with Gasteiger partial charge >= 0.3 is 0 Å². The number of hydrogen-bond acceptors (Lipinski definition) is 2. The molecule has 1 heterocycles. The SMILES string of the molecule is C[C@H]([C]1[CH][CH][CH][C]1P(c1ccccc1)c1ccccc1)N(C)CCN1CCCCC1.